The lowest BCUT2D eigenvalue weighted by atomic mass is 10.2. The largest absolute Gasteiger partial charge is 0.452 e. The standard InChI is InChI=1S/C14H17F3N4S/c1-4-9-19(2)10-5-7-11(8-6-10)21-12(14(15,16)17)18-20(3)13(21)22/h5-8H,4,9H2,1-3H3. The Kier molecular flexibility index (Phi) is 4.60. The van der Waals surface area contributed by atoms with Crippen LogP contribution in [0, 0.1) is 4.77 Å². The lowest BCUT2D eigenvalue weighted by molar-refractivity contribution is -0.146. The predicted octanol–water partition coefficient (Wildman–Crippen LogP) is 3.81. The first-order chi connectivity index (χ1) is 10.3. The molecule has 0 unspecified atom stereocenters. The van der Waals surface area contributed by atoms with Gasteiger partial charge in [0.15, 0.2) is 0 Å². The number of hydrogen-bond donors (Lipinski definition) is 0. The van der Waals surface area contributed by atoms with Gasteiger partial charge in [-0.2, -0.15) is 13.2 Å². The number of benzene rings is 1. The molecule has 0 aliphatic rings. The van der Waals surface area contributed by atoms with Crippen LogP contribution in [0.5, 0.6) is 0 Å². The highest BCUT2D eigenvalue weighted by atomic mass is 32.1. The van der Waals surface area contributed by atoms with Gasteiger partial charge in [0.25, 0.3) is 0 Å². The van der Waals surface area contributed by atoms with Crippen molar-refractivity contribution in [2.24, 2.45) is 7.05 Å². The fourth-order valence-electron chi connectivity index (χ4n) is 2.20. The highest BCUT2D eigenvalue weighted by molar-refractivity contribution is 7.71. The van der Waals surface area contributed by atoms with Crippen LogP contribution in [-0.4, -0.2) is 27.9 Å². The van der Waals surface area contributed by atoms with Crippen molar-refractivity contribution in [1.82, 2.24) is 14.3 Å². The minimum Gasteiger partial charge on any atom is -0.375 e. The first-order valence-corrected chi connectivity index (χ1v) is 7.21. The lowest BCUT2D eigenvalue weighted by Crippen LogP contribution is -2.18. The molecule has 0 aliphatic heterocycles. The van der Waals surface area contributed by atoms with E-state index in [1.807, 2.05) is 11.9 Å². The SMILES string of the molecule is CCCN(C)c1ccc(-n2c(C(F)(F)F)nn(C)c2=S)cc1. The number of rotatable bonds is 4. The molecule has 0 atom stereocenters. The third-order valence-electron chi connectivity index (χ3n) is 3.29. The zero-order chi connectivity index (χ0) is 16.5. The fraction of sp³-hybridized carbons (Fsp3) is 0.429. The zero-order valence-corrected chi connectivity index (χ0v) is 13.4. The van der Waals surface area contributed by atoms with Crippen molar-refractivity contribution in [3.05, 3.63) is 34.9 Å². The second kappa shape index (κ2) is 6.12. The quantitative estimate of drug-likeness (QED) is 0.798. The maximum atomic E-state index is 13.1. The second-order valence-electron chi connectivity index (χ2n) is 5.00. The Balaban J connectivity index is 2.47. The highest BCUT2D eigenvalue weighted by Gasteiger charge is 2.38. The summed E-state index contributed by atoms with van der Waals surface area (Å²) in [5.74, 6) is -1.02. The van der Waals surface area contributed by atoms with Gasteiger partial charge in [-0.25, -0.2) is 4.68 Å². The molecule has 2 aromatic rings. The molecule has 0 bridgehead atoms. The highest BCUT2D eigenvalue weighted by Crippen LogP contribution is 2.30. The number of aromatic nitrogens is 3. The van der Waals surface area contributed by atoms with Gasteiger partial charge in [0.05, 0.1) is 5.69 Å². The van der Waals surface area contributed by atoms with Crippen LogP contribution >= 0.6 is 12.2 Å². The Bertz CT molecular complexity index is 700. The molecule has 8 heteroatoms. The molecule has 1 aromatic carbocycles. The van der Waals surface area contributed by atoms with E-state index in [-0.39, 0.29) is 4.77 Å². The minimum atomic E-state index is -4.56. The van der Waals surface area contributed by atoms with E-state index >= 15 is 0 Å². The van der Waals surface area contributed by atoms with E-state index in [9.17, 15) is 13.2 Å². The van der Waals surface area contributed by atoms with E-state index in [1.54, 1.807) is 24.3 Å². The first kappa shape index (κ1) is 16.5. The van der Waals surface area contributed by atoms with Crippen molar-refractivity contribution in [2.75, 3.05) is 18.5 Å². The topological polar surface area (TPSA) is 26.0 Å². The fourth-order valence-corrected chi connectivity index (χ4v) is 2.43. The van der Waals surface area contributed by atoms with Gasteiger partial charge in [-0.05, 0) is 42.9 Å². The molecule has 0 saturated carbocycles. The van der Waals surface area contributed by atoms with Crippen molar-refractivity contribution < 1.29 is 13.2 Å². The van der Waals surface area contributed by atoms with E-state index in [4.69, 9.17) is 12.2 Å². The van der Waals surface area contributed by atoms with Crippen molar-refractivity contribution in [1.29, 1.82) is 0 Å². The summed E-state index contributed by atoms with van der Waals surface area (Å²) >= 11 is 5.04. The normalized spacial score (nSPS) is 11.7. The van der Waals surface area contributed by atoms with Crippen molar-refractivity contribution in [2.45, 2.75) is 19.5 Å². The van der Waals surface area contributed by atoms with E-state index < -0.39 is 12.0 Å². The molecule has 0 fully saturated rings. The molecule has 0 aliphatic carbocycles. The summed E-state index contributed by atoms with van der Waals surface area (Å²) in [5.41, 5.74) is 1.29. The van der Waals surface area contributed by atoms with Crippen LogP contribution in [0.25, 0.3) is 5.69 Å². The Morgan fingerprint density at radius 1 is 1.23 bits per heavy atom. The molecule has 0 spiro atoms. The Morgan fingerprint density at radius 2 is 1.82 bits per heavy atom. The third-order valence-corrected chi connectivity index (χ3v) is 3.73. The number of halogens is 3. The van der Waals surface area contributed by atoms with Gasteiger partial charge in [0.2, 0.25) is 10.6 Å². The van der Waals surface area contributed by atoms with Gasteiger partial charge in [0.1, 0.15) is 0 Å². The Labute approximate surface area is 131 Å². The third kappa shape index (κ3) is 3.16. The number of aryl methyl sites for hydroxylation is 1. The molecule has 4 nitrogen and oxygen atoms in total. The molecule has 0 N–H and O–H groups in total. The van der Waals surface area contributed by atoms with Crippen LogP contribution in [0.1, 0.15) is 19.2 Å². The summed E-state index contributed by atoms with van der Waals surface area (Å²) in [6, 6.07) is 6.79. The van der Waals surface area contributed by atoms with E-state index in [2.05, 4.69) is 12.0 Å². The van der Waals surface area contributed by atoms with Crippen LogP contribution in [0.3, 0.4) is 0 Å². The van der Waals surface area contributed by atoms with E-state index in [1.165, 1.54) is 7.05 Å². The molecule has 2 rings (SSSR count). The summed E-state index contributed by atoms with van der Waals surface area (Å²) in [6.45, 7) is 2.94. The van der Waals surface area contributed by atoms with Crippen LogP contribution in [-0.2, 0) is 13.2 Å². The molecule has 22 heavy (non-hydrogen) atoms. The molecular formula is C14H17F3N4S. The van der Waals surface area contributed by atoms with Crippen molar-refractivity contribution in [3.8, 4) is 5.69 Å². The summed E-state index contributed by atoms with van der Waals surface area (Å²) in [4.78, 5) is 2.04. The average Bonchev–Trinajstić information content (AvgIpc) is 2.75. The Morgan fingerprint density at radius 3 is 2.32 bits per heavy atom. The zero-order valence-electron chi connectivity index (χ0n) is 12.6. The molecular weight excluding hydrogens is 313 g/mol. The van der Waals surface area contributed by atoms with Gasteiger partial charge >= 0.3 is 6.18 Å². The molecule has 1 aromatic heterocycles. The minimum absolute atomic E-state index is 0.00184. The molecule has 0 radical (unpaired) electrons. The monoisotopic (exact) mass is 330 g/mol. The summed E-state index contributed by atoms with van der Waals surface area (Å²) in [5, 5.41) is 3.48. The number of hydrogen-bond acceptors (Lipinski definition) is 3. The molecule has 0 amide bonds. The first-order valence-electron chi connectivity index (χ1n) is 6.80. The smallest absolute Gasteiger partial charge is 0.375 e. The van der Waals surface area contributed by atoms with Gasteiger partial charge in [0, 0.05) is 26.3 Å². The van der Waals surface area contributed by atoms with Crippen LogP contribution in [0.4, 0.5) is 18.9 Å². The van der Waals surface area contributed by atoms with Crippen molar-refractivity contribution >= 4 is 17.9 Å². The summed E-state index contributed by atoms with van der Waals surface area (Å²) in [6.07, 6.45) is -3.57. The van der Waals surface area contributed by atoms with Gasteiger partial charge in [-0.1, -0.05) is 6.92 Å². The van der Waals surface area contributed by atoms with Gasteiger partial charge < -0.3 is 4.90 Å². The average molecular weight is 330 g/mol. The van der Waals surface area contributed by atoms with Gasteiger partial charge in [-0.3, -0.25) is 4.57 Å². The van der Waals surface area contributed by atoms with Crippen LogP contribution in [0.2, 0.25) is 0 Å². The van der Waals surface area contributed by atoms with Crippen molar-refractivity contribution in [3.63, 3.8) is 0 Å². The van der Waals surface area contributed by atoms with E-state index in [0.717, 1.165) is 27.9 Å². The molecule has 0 saturated heterocycles. The number of nitrogens with zero attached hydrogens (tertiary/aromatic N) is 4. The maximum Gasteiger partial charge on any atom is 0.452 e. The van der Waals surface area contributed by atoms with Gasteiger partial charge in [-0.15, -0.1) is 5.10 Å². The maximum absolute atomic E-state index is 13.1. The second-order valence-corrected chi connectivity index (χ2v) is 5.37. The number of anilines is 1. The summed E-state index contributed by atoms with van der Waals surface area (Å²) < 4.78 is 41.2. The molecule has 1 heterocycles. The summed E-state index contributed by atoms with van der Waals surface area (Å²) in [7, 11) is 3.34. The van der Waals surface area contributed by atoms with Crippen LogP contribution < -0.4 is 4.90 Å². The Hall–Kier alpha value is -1.83. The predicted molar refractivity (Wildman–Crippen MR) is 81.9 cm³/mol. The van der Waals surface area contributed by atoms with E-state index in [0.29, 0.717) is 5.69 Å². The van der Waals surface area contributed by atoms with Crippen LogP contribution in [0.15, 0.2) is 24.3 Å². The molecule has 120 valence electrons. The lowest BCUT2D eigenvalue weighted by Gasteiger charge is -2.18. The number of alkyl halides is 3.